The van der Waals surface area contributed by atoms with Crippen LogP contribution in [0.1, 0.15) is 27.2 Å². The zero-order chi connectivity index (χ0) is 23.7. The van der Waals surface area contributed by atoms with Crippen LogP contribution in [0.4, 0.5) is 10.3 Å². The first-order valence-corrected chi connectivity index (χ1v) is 11.6. The number of rotatable bonds is 4. The molecular formula is C26H28FN5O2. The van der Waals surface area contributed by atoms with E-state index in [-0.39, 0.29) is 11.7 Å². The summed E-state index contributed by atoms with van der Waals surface area (Å²) in [5.74, 6) is 1.21. The minimum absolute atomic E-state index is 0.0229. The first-order valence-electron chi connectivity index (χ1n) is 11.6. The van der Waals surface area contributed by atoms with Gasteiger partial charge >= 0.3 is 0 Å². The number of fused-ring (bicyclic) bond motifs is 1. The number of halogens is 1. The number of ether oxygens (including phenoxy) is 1. The van der Waals surface area contributed by atoms with E-state index in [9.17, 15) is 9.18 Å². The summed E-state index contributed by atoms with van der Waals surface area (Å²) in [6.45, 7) is 6.47. The van der Waals surface area contributed by atoms with Crippen molar-refractivity contribution in [1.82, 2.24) is 19.8 Å². The van der Waals surface area contributed by atoms with Crippen molar-refractivity contribution in [2.75, 3.05) is 44.7 Å². The van der Waals surface area contributed by atoms with Gasteiger partial charge in [0.2, 0.25) is 11.8 Å². The van der Waals surface area contributed by atoms with Crippen LogP contribution in [0, 0.1) is 12.7 Å². The van der Waals surface area contributed by atoms with Crippen LogP contribution in [0.3, 0.4) is 0 Å². The second-order valence-electron chi connectivity index (χ2n) is 8.95. The second-order valence-corrected chi connectivity index (χ2v) is 8.95. The third-order valence-electron chi connectivity index (χ3n) is 6.38. The zero-order valence-corrected chi connectivity index (χ0v) is 19.5. The van der Waals surface area contributed by atoms with E-state index in [1.54, 1.807) is 12.1 Å². The van der Waals surface area contributed by atoms with Gasteiger partial charge in [0.25, 0.3) is 5.91 Å². The van der Waals surface area contributed by atoms with Crippen LogP contribution in [0.15, 0.2) is 48.5 Å². The van der Waals surface area contributed by atoms with Crippen molar-refractivity contribution in [3.8, 4) is 11.6 Å². The molecule has 0 bridgehead atoms. The summed E-state index contributed by atoms with van der Waals surface area (Å²) < 4.78 is 19.6. The summed E-state index contributed by atoms with van der Waals surface area (Å²) in [6.07, 6.45) is 0.621. The normalized spacial score (nSPS) is 16.3. The maximum absolute atomic E-state index is 13.4. The van der Waals surface area contributed by atoms with Crippen LogP contribution < -0.4 is 9.64 Å². The summed E-state index contributed by atoms with van der Waals surface area (Å²) in [5.41, 5.74) is 3.41. The molecule has 0 spiro atoms. The predicted octanol–water partition coefficient (Wildman–Crippen LogP) is 3.67. The second kappa shape index (κ2) is 9.38. The van der Waals surface area contributed by atoms with E-state index in [4.69, 9.17) is 14.7 Å². The van der Waals surface area contributed by atoms with Crippen LogP contribution >= 0.6 is 0 Å². The highest BCUT2D eigenvalue weighted by molar-refractivity contribution is 5.94. The van der Waals surface area contributed by atoms with Crippen LogP contribution in [0.25, 0.3) is 0 Å². The van der Waals surface area contributed by atoms with E-state index in [1.807, 2.05) is 36.1 Å². The maximum Gasteiger partial charge on any atom is 0.254 e. The van der Waals surface area contributed by atoms with Crippen molar-refractivity contribution < 1.29 is 13.9 Å². The average molecular weight is 462 g/mol. The van der Waals surface area contributed by atoms with Crippen LogP contribution in [0.2, 0.25) is 0 Å². The third-order valence-corrected chi connectivity index (χ3v) is 6.38. The topological polar surface area (TPSA) is 61.8 Å². The number of nitrogens with zero attached hydrogens (tertiary/aromatic N) is 5. The molecule has 0 aliphatic carbocycles. The van der Waals surface area contributed by atoms with Crippen molar-refractivity contribution in [3.63, 3.8) is 0 Å². The van der Waals surface area contributed by atoms with Gasteiger partial charge < -0.3 is 19.4 Å². The molecule has 3 aromatic rings. The number of anilines is 1. The van der Waals surface area contributed by atoms with Gasteiger partial charge in [0.15, 0.2) is 0 Å². The summed E-state index contributed by atoms with van der Waals surface area (Å²) in [4.78, 5) is 29.1. The molecule has 1 saturated heterocycles. The minimum atomic E-state index is -0.329. The zero-order valence-electron chi connectivity index (χ0n) is 19.5. The molecule has 2 aromatic carbocycles. The largest absolute Gasteiger partial charge is 0.438 e. The van der Waals surface area contributed by atoms with Gasteiger partial charge in [-0.15, -0.1) is 0 Å². The van der Waals surface area contributed by atoms with E-state index in [0.29, 0.717) is 42.7 Å². The molecule has 2 aliphatic heterocycles. The lowest BCUT2D eigenvalue weighted by Crippen LogP contribution is -2.45. The van der Waals surface area contributed by atoms with E-state index >= 15 is 0 Å². The Morgan fingerprint density at radius 2 is 1.76 bits per heavy atom. The Balaban J connectivity index is 1.47. The first kappa shape index (κ1) is 22.3. The lowest BCUT2D eigenvalue weighted by Gasteiger charge is -2.34. The fourth-order valence-corrected chi connectivity index (χ4v) is 4.35. The highest BCUT2D eigenvalue weighted by Gasteiger charge is 2.29. The van der Waals surface area contributed by atoms with E-state index in [1.165, 1.54) is 12.1 Å². The smallest absolute Gasteiger partial charge is 0.254 e. The van der Waals surface area contributed by atoms with E-state index < -0.39 is 0 Å². The molecule has 34 heavy (non-hydrogen) atoms. The van der Waals surface area contributed by atoms with Crippen molar-refractivity contribution in [2.24, 2.45) is 0 Å². The third kappa shape index (κ3) is 4.72. The van der Waals surface area contributed by atoms with Gasteiger partial charge in [0.05, 0.1) is 17.8 Å². The van der Waals surface area contributed by atoms with Gasteiger partial charge in [0.1, 0.15) is 11.6 Å². The van der Waals surface area contributed by atoms with Gasteiger partial charge in [-0.2, -0.15) is 4.98 Å². The molecule has 0 unspecified atom stereocenters. The van der Waals surface area contributed by atoms with Gasteiger partial charge in [-0.05, 0) is 50.4 Å². The van der Waals surface area contributed by atoms with Crippen molar-refractivity contribution in [3.05, 3.63) is 76.7 Å². The van der Waals surface area contributed by atoms with Crippen molar-refractivity contribution >= 4 is 11.9 Å². The quantitative estimate of drug-likeness (QED) is 0.591. The number of aromatic nitrogens is 2. The number of piperazine rings is 1. The molecule has 8 heteroatoms. The number of carbonyl (C=O) groups is 1. The number of carbonyl (C=O) groups excluding carboxylic acids is 1. The van der Waals surface area contributed by atoms with Crippen LogP contribution in [-0.2, 0) is 13.0 Å². The molecule has 0 N–H and O–H groups in total. The molecule has 1 amide bonds. The SMILES string of the molecule is Cc1cccc(C(=O)N2CCc3nc(N4CCN(C)CC4)nc(Oc4ccc(F)cc4)c3C2)c1. The van der Waals surface area contributed by atoms with Crippen molar-refractivity contribution in [2.45, 2.75) is 19.9 Å². The highest BCUT2D eigenvalue weighted by atomic mass is 19.1. The Morgan fingerprint density at radius 3 is 2.50 bits per heavy atom. The molecule has 176 valence electrons. The lowest BCUT2D eigenvalue weighted by molar-refractivity contribution is 0.0732. The van der Waals surface area contributed by atoms with Crippen molar-refractivity contribution in [1.29, 1.82) is 0 Å². The fourth-order valence-electron chi connectivity index (χ4n) is 4.35. The molecule has 0 atom stereocenters. The van der Waals surface area contributed by atoms with Crippen LogP contribution in [0.5, 0.6) is 11.6 Å². The summed E-state index contributed by atoms with van der Waals surface area (Å²) in [6, 6.07) is 13.5. The molecule has 7 nitrogen and oxygen atoms in total. The van der Waals surface area contributed by atoms with Gasteiger partial charge in [-0.1, -0.05) is 17.7 Å². The first-order chi connectivity index (χ1) is 16.5. The average Bonchev–Trinajstić information content (AvgIpc) is 2.85. The molecule has 0 radical (unpaired) electrons. The Hall–Kier alpha value is -3.52. The molecule has 1 fully saturated rings. The van der Waals surface area contributed by atoms with E-state index in [2.05, 4.69) is 16.8 Å². The summed E-state index contributed by atoms with van der Waals surface area (Å²) in [7, 11) is 2.11. The molecule has 2 aliphatic rings. The molecule has 1 aromatic heterocycles. The van der Waals surface area contributed by atoms with E-state index in [0.717, 1.165) is 43.0 Å². The van der Waals surface area contributed by atoms with Gasteiger partial charge in [-0.25, -0.2) is 9.37 Å². The highest BCUT2D eigenvalue weighted by Crippen LogP contribution is 2.32. The van der Waals surface area contributed by atoms with Gasteiger partial charge in [0, 0.05) is 44.7 Å². The summed E-state index contributed by atoms with van der Waals surface area (Å²) in [5, 5.41) is 0. The number of aryl methyl sites for hydroxylation is 1. The summed E-state index contributed by atoms with van der Waals surface area (Å²) >= 11 is 0. The predicted molar refractivity (Wildman–Crippen MR) is 128 cm³/mol. The number of hydrogen-bond donors (Lipinski definition) is 0. The fraction of sp³-hybridized carbons (Fsp3) is 0.346. The number of benzene rings is 2. The molecular weight excluding hydrogens is 433 g/mol. The Morgan fingerprint density at radius 1 is 1.00 bits per heavy atom. The minimum Gasteiger partial charge on any atom is -0.438 e. The Labute approximate surface area is 198 Å². The maximum atomic E-state index is 13.4. The molecule has 5 rings (SSSR count). The molecule has 0 saturated carbocycles. The van der Waals surface area contributed by atoms with Crippen LogP contribution in [-0.4, -0.2) is 65.4 Å². The number of amides is 1. The Kier molecular flexibility index (Phi) is 6.15. The monoisotopic (exact) mass is 461 g/mol. The lowest BCUT2D eigenvalue weighted by atomic mass is 10.0. The number of hydrogen-bond acceptors (Lipinski definition) is 6. The van der Waals surface area contributed by atoms with Gasteiger partial charge in [-0.3, -0.25) is 4.79 Å². The standard InChI is InChI=1S/C26H28FN5O2/c1-18-4-3-5-19(16-18)25(33)32-11-10-23-22(17-32)24(34-21-8-6-20(27)7-9-21)29-26(28-23)31-14-12-30(2)13-15-31/h3-9,16H,10-15,17H2,1-2H3. The number of likely N-dealkylation sites (N-methyl/N-ethyl adjacent to an activating group) is 1. The Bertz CT molecular complexity index is 1190. The molecule has 3 heterocycles.